The van der Waals surface area contributed by atoms with Gasteiger partial charge in [-0.3, -0.25) is 4.90 Å². The molecule has 0 amide bonds. The van der Waals surface area contributed by atoms with Crippen LogP contribution in [0.25, 0.3) is 0 Å². The molecule has 118 valence electrons. The summed E-state index contributed by atoms with van der Waals surface area (Å²) in [6, 6.07) is 3.14. The van der Waals surface area contributed by atoms with Crippen LogP contribution in [0.2, 0.25) is 0 Å². The first-order valence-electron chi connectivity index (χ1n) is 9.12. The number of hydrogen-bond acceptors (Lipinski definition) is 3. The Morgan fingerprint density at radius 2 is 1.71 bits per heavy atom. The van der Waals surface area contributed by atoms with E-state index in [4.69, 9.17) is 0 Å². The van der Waals surface area contributed by atoms with Gasteiger partial charge >= 0.3 is 0 Å². The highest BCUT2D eigenvalue weighted by molar-refractivity contribution is 4.98. The van der Waals surface area contributed by atoms with Crippen LogP contribution in [0.1, 0.15) is 51.9 Å². The molecule has 0 aromatic carbocycles. The van der Waals surface area contributed by atoms with Gasteiger partial charge < -0.3 is 4.90 Å². The molecule has 3 unspecified atom stereocenters. The summed E-state index contributed by atoms with van der Waals surface area (Å²) < 4.78 is 0. The van der Waals surface area contributed by atoms with Crippen LogP contribution < -0.4 is 0 Å². The maximum absolute atomic E-state index is 9.44. The molecule has 0 bridgehead atoms. The monoisotopic (exact) mass is 289 g/mol. The lowest BCUT2D eigenvalue weighted by atomic mass is 9.78. The average molecular weight is 289 g/mol. The molecule has 2 saturated heterocycles. The normalized spacial score (nSPS) is 36.7. The van der Waals surface area contributed by atoms with Crippen molar-refractivity contribution >= 4 is 0 Å². The van der Waals surface area contributed by atoms with Crippen molar-refractivity contribution in [1.82, 2.24) is 9.80 Å². The molecule has 3 fully saturated rings. The number of piperidine rings is 1. The molecule has 3 atom stereocenters. The fraction of sp³-hybridized carbons (Fsp3) is 0.944. The van der Waals surface area contributed by atoms with Crippen molar-refractivity contribution in [3.63, 3.8) is 0 Å². The van der Waals surface area contributed by atoms with E-state index in [1.54, 1.807) is 0 Å². The summed E-state index contributed by atoms with van der Waals surface area (Å²) in [5, 5.41) is 9.44. The van der Waals surface area contributed by atoms with Gasteiger partial charge in [-0.1, -0.05) is 6.92 Å². The molecule has 3 aliphatic rings. The maximum Gasteiger partial charge on any atom is 0.0672 e. The molecule has 0 aromatic rings. The molecule has 2 heterocycles. The molecule has 3 heteroatoms. The Hall–Kier alpha value is -0.590. The Labute approximate surface area is 130 Å². The van der Waals surface area contributed by atoms with Gasteiger partial charge in [0.15, 0.2) is 0 Å². The zero-order chi connectivity index (χ0) is 14.7. The summed E-state index contributed by atoms with van der Waals surface area (Å²) in [6.45, 7) is 8.81. The number of hydrogen-bond donors (Lipinski definition) is 0. The smallest absolute Gasteiger partial charge is 0.0672 e. The van der Waals surface area contributed by atoms with Crippen molar-refractivity contribution < 1.29 is 0 Å². The van der Waals surface area contributed by atoms with E-state index in [-0.39, 0.29) is 5.92 Å². The van der Waals surface area contributed by atoms with Gasteiger partial charge in [0.1, 0.15) is 0 Å². The molecule has 3 rings (SSSR count). The molecule has 1 saturated carbocycles. The van der Waals surface area contributed by atoms with Gasteiger partial charge in [0.05, 0.1) is 12.0 Å². The third-order valence-corrected chi connectivity index (χ3v) is 6.08. The van der Waals surface area contributed by atoms with Crippen molar-refractivity contribution in [2.24, 2.45) is 17.8 Å². The molecule has 1 aliphatic carbocycles. The van der Waals surface area contributed by atoms with Gasteiger partial charge in [0.25, 0.3) is 0 Å². The lowest BCUT2D eigenvalue weighted by Crippen LogP contribution is -2.48. The highest BCUT2D eigenvalue weighted by Gasteiger charge is 2.35. The second-order valence-electron chi connectivity index (χ2n) is 7.71. The zero-order valence-corrected chi connectivity index (χ0v) is 13.6. The van der Waals surface area contributed by atoms with Crippen molar-refractivity contribution in [3.8, 4) is 6.07 Å². The van der Waals surface area contributed by atoms with Crippen molar-refractivity contribution in [3.05, 3.63) is 0 Å². The van der Waals surface area contributed by atoms with E-state index in [9.17, 15) is 5.26 Å². The molecular weight excluding hydrogens is 258 g/mol. The molecule has 0 radical (unpaired) electrons. The number of nitrogens with zero attached hydrogens (tertiary/aromatic N) is 3. The molecule has 0 aromatic heterocycles. The Morgan fingerprint density at radius 3 is 2.38 bits per heavy atom. The number of likely N-dealkylation sites (tertiary alicyclic amines) is 2. The SMILES string of the molecule is CC1CCC(C#N)C(N2CCC(CN3CCCC3)CC2)C1. The highest BCUT2D eigenvalue weighted by Crippen LogP contribution is 2.34. The molecular formula is C18H31N3. The Bertz CT molecular complexity index is 361. The first kappa shape index (κ1) is 15.3. The maximum atomic E-state index is 9.44. The van der Waals surface area contributed by atoms with E-state index >= 15 is 0 Å². The first-order chi connectivity index (χ1) is 10.3. The number of rotatable bonds is 3. The van der Waals surface area contributed by atoms with Gasteiger partial charge in [-0.15, -0.1) is 0 Å². The standard InChI is InChI=1S/C18H31N3/c1-15-4-5-17(13-19)18(12-15)21-10-6-16(7-11-21)14-20-8-2-3-9-20/h15-18H,2-12,14H2,1H3. The number of nitriles is 1. The summed E-state index contributed by atoms with van der Waals surface area (Å²) in [4.78, 5) is 5.32. The fourth-order valence-electron chi connectivity index (χ4n) is 4.70. The van der Waals surface area contributed by atoms with Gasteiger partial charge in [-0.2, -0.15) is 5.26 Å². The summed E-state index contributed by atoms with van der Waals surface area (Å²) >= 11 is 0. The third-order valence-electron chi connectivity index (χ3n) is 6.08. The second kappa shape index (κ2) is 7.11. The van der Waals surface area contributed by atoms with Crippen molar-refractivity contribution in [2.45, 2.75) is 57.9 Å². The minimum absolute atomic E-state index is 0.288. The van der Waals surface area contributed by atoms with Crippen LogP contribution in [-0.2, 0) is 0 Å². The lowest BCUT2D eigenvalue weighted by Gasteiger charge is -2.43. The molecule has 3 nitrogen and oxygen atoms in total. The van der Waals surface area contributed by atoms with Crippen LogP contribution >= 0.6 is 0 Å². The van der Waals surface area contributed by atoms with Crippen molar-refractivity contribution in [2.75, 3.05) is 32.7 Å². The molecule has 21 heavy (non-hydrogen) atoms. The Balaban J connectivity index is 1.49. The molecule has 2 aliphatic heterocycles. The van der Waals surface area contributed by atoms with E-state index in [0.29, 0.717) is 6.04 Å². The predicted molar refractivity (Wildman–Crippen MR) is 85.9 cm³/mol. The minimum atomic E-state index is 0.288. The van der Waals surface area contributed by atoms with E-state index < -0.39 is 0 Å². The van der Waals surface area contributed by atoms with Gasteiger partial charge in [-0.25, -0.2) is 0 Å². The third kappa shape index (κ3) is 3.79. The Morgan fingerprint density at radius 1 is 1.00 bits per heavy atom. The molecule has 0 spiro atoms. The van der Waals surface area contributed by atoms with Crippen molar-refractivity contribution in [1.29, 1.82) is 5.26 Å². The van der Waals surface area contributed by atoms with Crippen LogP contribution in [0, 0.1) is 29.1 Å². The summed E-state index contributed by atoms with van der Waals surface area (Å²) in [7, 11) is 0. The topological polar surface area (TPSA) is 30.3 Å². The summed E-state index contributed by atoms with van der Waals surface area (Å²) in [5.74, 6) is 2.00. The lowest BCUT2D eigenvalue weighted by molar-refractivity contribution is 0.0636. The first-order valence-corrected chi connectivity index (χ1v) is 9.12. The summed E-state index contributed by atoms with van der Waals surface area (Å²) in [5.41, 5.74) is 0. The predicted octanol–water partition coefficient (Wildman–Crippen LogP) is 3.12. The summed E-state index contributed by atoms with van der Waals surface area (Å²) in [6.07, 6.45) is 9.12. The van der Waals surface area contributed by atoms with Crippen LogP contribution in [0.5, 0.6) is 0 Å². The van der Waals surface area contributed by atoms with E-state index in [1.165, 1.54) is 71.2 Å². The van der Waals surface area contributed by atoms with E-state index in [1.807, 2.05) is 0 Å². The average Bonchev–Trinajstić information content (AvgIpc) is 3.01. The largest absolute Gasteiger partial charge is 0.303 e. The minimum Gasteiger partial charge on any atom is -0.303 e. The van der Waals surface area contributed by atoms with Crippen LogP contribution in [0.4, 0.5) is 0 Å². The van der Waals surface area contributed by atoms with E-state index in [0.717, 1.165) is 18.3 Å². The zero-order valence-electron chi connectivity index (χ0n) is 13.6. The van der Waals surface area contributed by atoms with Crippen LogP contribution in [0.3, 0.4) is 0 Å². The van der Waals surface area contributed by atoms with Crippen LogP contribution in [-0.4, -0.2) is 48.6 Å². The highest BCUT2D eigenvalue weighted by atomic mass is 15.2. The van der Waals surface area contributed by atoms with Gasteiger partial charge in [-0.05, 0) is 83.0 Å². The molecule has 0 N–H and O–H groups in total. The fourth-order valence-corrected chi connectivity index (χ4v) is 4.70. The van der Waals surface area contributed by atoms with Gasteiger partial charge in [0, 0.05) is 12.6 Å². The Kier molecular flexibility index (Phi) is 5.19. The second-order valence-corrected chi connectivity index (χ2v) is 7.71. The van der Waals surface area contributed by atoms with E-state index in [2.05, 4.69) is 22.8 Å². The van der Waals surface area contributed by atoms with Gasteiger partial charge in [0.2, 0.25) is 0 Å². The quantitative estimate of drug-likeness (QED) is 0.799. The van der Waals surface area contributed by atoms with Crippen LogP contribution in [0.15, 0.2) is 0 Å².